The highest BCUT2D eigenvalue weighted by atomic mass is 16.5. The first kappa shape index (κ1) is 33.0. The monoisotopic (exact) mass is 474 g/mol. The zero-order valence-electron chi connectivity index (χ0n) is 21.5. The van der Waals surface area contributed by atoms with Crippen molar-refractivity contribution in [2.75, 3.05) is 61.5 Å². The summed E-state index contributed by atoms with van der Waals surface area (Å²) in [5.74, 6) is 17.8. The van der Waals surface area contributed by atoms with Crippen LogP contribution >= 0.6 is 0 Å². The lowest BCUT2D eigenvalue weighted by Gasteiger charge is -2.05. The average molecular weight is 475 g/mol. The lowest BCUT2D eigenvalue weighted by Crippen LogP contribution is -2.13. The van der Waals surface area contributed by atoms with Gasteiger partial charge in [0.15, 0.2) is 6.61 Å². The number of rotatable bonds is 9. The Bertz CT molecular complexity index is 806. The van der Waals surface area contributed by atoms with E-state index in [2.05, 4.69) is 45.0 Å². The third-order valence-electron chi connectivity index (χ3n) is 3.73. The highest BCUT2D eigenvalue weighted by Crippen LogP contribution is 2.18. The molecule has 0 aliphatic carbocycles. The molecule has 0 saturated heterocycles. The van der Waals surface area contributed by atoms with E-state index in [0.717, 1.165) is 17.9 Å². The number of hydrogen-bond donors (Lipinski definition) is 0. The maximum absolute atomic E-state index is 11.0. The van der Waals surface area contributed by atoms with E-state index in [-0.39, 0.29) is 18.5 Å². The number of ether oxygens (including phenoxy) is 6. The van der Waals surface area contributed by atoms with Crippen molar-refractivity contribution in [3.05, 3.63) is 24.3 Å². The number of methoxy groups -OCH3 is 4. The molecule has 7 heteroatoms. The molecular weight excluding hydrogens is 436 g/mol. The van der Waals surface area contributed by atoms with Crippen molar-refractivity contribution in [2.45, 2.75) is 27.2 Å². The van der Waals surface area contributed by atoms with Gasteiger partial charge < -0.3 is 28.4 Å². The molecule has 188 valence electrons. The molecule has 0 bridgehead atoms. The molecule has 0 aliphatic heterocycles. The Hall–Kier alpha value is -3.15. The van der Waals surface area contributed by atoms with Crippen molar-refractivity contribution in [3.63, 3.8) is 0 Å². The summed E-state index contributed by atoms with van der Waals surface area (Å²) in [6, 6.07) is 7.42. The Balaban J connectivity index is 0. The molecule has 1 atom stereocenters. The quantitative estimate of drug-likeness (QED) is 0.400. The Morgan fingerprint density at radius 1 is 0.824 bits per heavy atom. The van der Waals surface area contributed by atoms with E-state index in [0.29, 0.717) is 26.4 Å². The van der Waals surface area contributed by atoms with Crippen LogP contribution in [0.25, 0.3) is 0 Å². The first-order valence-corrected chi connectivity index (χ1v) is 10.7. The van der Waals surface area contributed by atoms with Gasteiger partial charge in [0, 0.05) is 27.4 Å². The van der Waals surface area contributed by atoms with Gasteiger partial charge in [-0.2, -0.15) is 0 Å². The summed E-state index contributed by atoms with van der Waals surface area (Å²) in [7, 11) is 6.46. The second kappa shape index (κ2) is 26.1. The fourth-order valence-corrected chi connectivity index (χ4v) is 1.72. The van der Waals surface area contributed by atoms with Gasteiger partial charge >= 0.3 is 5.97 Å². The molecule has 0 amide bonds. The Kier molecular flexibility index (Phi) is 25.4. The van der Waals surface area contributed by atoms with Gasteiger partial charge in [0.1, 0.15) is 37.9 Å². The van der Waals surface area contributed by atoms with E-state index in [1.165, 1.54) is 0 Å². The molecule has 1 aromatic rings. The summed E-state index contributed by atoms with van der Waals surface area (Å²) in [6.07, 6.45) is 0.818. The molecule has 0 aliphatic rings. The normalized spacial score (nSPS) is 9.38. The lowest BCUT2D eigenvalue weighted by molar-refractivity contribution is -0.146. The van der Waals surface area contributed by atoms with Crippen LogP contribution in [0.2, 0.25) is 0 Å². The highest BCUT2D eigenvalue weighted by molar-refractivity contribution is 5.72. The van der Waals surface area contributed by atoms with Gasteiger partial charge in [-0.05, 0) is 25.5 Å². The summed E-state index contributed by atoms with van der Waals surface area (Å²) in [6.45, 7) is 7.51. The van der Waals surface area contributed by atoms with Crippen LogP contribution < -0.4 is 9.47 Å². The van der Waals surface area contributed by atoms with E-state index in [9.17, 15) is 4.79 Å². The van der Waals surface area contributed by atoms with Gasteiger partial charge in [0.05, 0.1) is 13.0 Å². The van der Waals surface area contributed by atoms with Crippen molar-refractivity contribution in [1.82, 2.24) is 0 Å². The minimum atomic E-state index is -0.157. The Labute approximate surface area is 205 Å². The van der Waals surface area contributed by atoms with Crippen LogP contribution in [0.3, 0.4) is 0 Å². The van der Waals surface area contributed by atoms with E-state index >= 15 is 0 Å². The van der Waals surface area contributed by atoms with Crippen LogP contribution in [0, 0.1) is 41.4 Å². The van der Waals surface area contributed by atoms with Gasteiger partial charge in [0.25, 0.3) is 0 Å². The molecule has 1 aromatic carbocycles. The molecule has 0 heterocycles. The number of carbonyl (C=O) groups is 1. The Morgan fingerprint density at radius 3 is 1.82 bits per heavy atom. The average Bonchev–Trinajstić information content (AvgIpc) is 2.87. The first-order valence-electron chi connectivity index (χ1n) is 10.7. The van der Waals surface area contributed by atoms with Crippen LogP contribution in [0.1, 0.15) is 27.2 Å². The third kappa shape index (κ3) is 22.1. The molecular formula is C27H38O7. The minimum Gasteiger partial charge on any atom is -0.497 e. The van der Waals surface area contributed by atoms with E-state index < -0.39 is 0 Å². The number of hydrogen-bond acceptors (Lipinski definition) is 7. The molecule has 0 saturated carbocycles. The molecule has 0 fully saturated rings. The van der Waals surface area contributed by atoms with Crippen LogP contribution in [0.4, 0.5) is 0 Å². The topological polar surface area (TPSA) is 72.5 Å². The summed E-state index contributed by atoms with van der Waals surface area (Å²) < 4.78 is 29.4. The van der Waals surface area contributed by atoms with Crippen molar-refractivity contribution in [2.24, 2.45) is 5.92 Å². The zero-order chi connectivity index (χ0) is 25.9. The van der Waals surface area contributed by atoms with E-state index in [1.807, 2.05) is 38.1 Å². The standard InChI is InChI=1S/C12H14O3.C9H14O2.C6H10O2/c1-13-8-3-4-9-15-12-7-5-6-11(10-12)14-2;1-4-6-7-11-9(10)8(3)5-2;1-7-5-3-4-6-8-2/h5-7,10H,8-9H2,1-2H3;8H,5,7H2,1-3H3;5-6H2,1-2H3. The van der Waals surface area contributed by atoms with Gasteiger partial charge in [-0.15, -0.1) is 5.92 Å². The van der Waals surface area contributed by atoms with E-state index in [1.54, 1.807) is 35.4 Å². The van der Waals surface area contributed by atoms with Gasteiger partial charge in [-0.1, -0.05) is 49.5 Å². The largest absolute Gasteiger partial charge is 0.497 e. The lowest BCUT2D eigenvalue weighted by atomic mass is 10.1. The van der Waals surface area contributed by atoms with Gasteiger partial charge in [-0.25, -0.2) is 0 Å². The van der Waals surface area contributed by atoms with Gasteiger partial charge in [-0.3, -0.25) is 4.79 Å². The van der Waals surface area contributed by atoms with Crippen LogP contribution in [0.15, 0.2) is 24.3 Å². The van der Waals surface area contributed by atoms with Crippen LogP contribution in [-0.4, -0.2) is 67.4 Å². The molecule has 7 nitrogen and oxygen atoms in total. The van der Waals surface area contributed by atoms with Crippen LogP contribution in [-0.2, 0) is 23.7 Å². The molecule has 34 heavy (non-hydrogen) atoms. The predicted molar refractivity (Wildman–Crippen MR) is 134 cm³/mol. The first-order chi connectivity index (χ1) is 16.5. The third-order valence-corrected chi connectivity index (χ3v) is 3.73. The molecule has 0 N–H and O–H groups in total. The van der Waals surface area contributed by atoms with Gasteiger partial charge in [0.2, 0.25) is 0 Å². The highest BCUT2D eigenvalue weighted by Gasteiger charge is 2.10. The smallest absolute Gasteiger partial charge is 0.309 e. The molecule has 0 spiro atoms. The second-order valence-corrected chi connectivity index (χ2v) is 6.32. The molecule has 0 radical (unpaired) electrons. The second-order valence-electron chi connectivity index (χ2n) is 6.32. The van der Waals surface area contributed by atoms with Crippen molar-refractivity contribution >= 4 is 5.97 Å². The minimum absolute atomic E-state index is 0.00587. The SMILES string of the molecule is CC#CCOC(=O)C(C)CC.COCC#CCOC.COCC#CCOc1cccc(OC)c1. The van der Waals surface area contributed by atoms with Crippen molar-refractivity contribution < 1.29 is 33.2 Å². The van der Waals surface area contributed by atoms with E-state index in [4.69, 9.17) is 18.9 Å². The fraction of sp³-hybridized carbons (Fsp3) is 0.519. The summed E-state index contributed by atoms with van der Waals surface area (Å²) in [4.78, 5) is 11.0. The maximum Gasteiger partial charge on any atom is 0.309 e. The van der Waals surface area contributed by atoms with Crippen LogP contribution in [0.5, 0.6) is 11.5 Å². The number of esters is 1. The molecule has 1 rings (SSSR count). The molecule has 1 unspecified atom stereocenters. The zero-order valence-corrected chi connectivity index (χ0v) is 21.5. The number of carbonyl (C=O) groups excluding carboxylic acids is 1. The maximum atomic E-state index is 11.0. The molecule has 0 aromatic heterocycles. The van der Waals surface area contributed by atoms with Crippen molar-refractivity contribution in [3.8, 4) is 47.0 Å². The summed E-state index contributed by atoms with van der Waals surface area (Å²) >= 11 is 0. The number of benzene rings is 1. The summed E-state index contributed by atoms with van der Waals surface area (Å²) in [5.41, 5.74) is 0. The summed E-state index contributed by atoms with van der Waals surface area (Å²) in [5, 5.41) is 0. The predicted octanol–water partition coefficient (Wildman–Crippen LogP) is 3.61. The fourth-order valence-electron chi connectivity index (χ4n) is 1.72. The van der Waals surface area contributed by atoms with Crippen molar-refractivity contribution in [1.29, 1.82) is 0 Å². The Morgan fingerprint density at radius 2 is 1.35 bits per heavy atom.